The van der Waals surface area contributed by atoms with Crippen molar-refractivity contribution >= 4 is 46.9 Å². The first-order valence-electron chi connectivity index (χ1n) is 22.7. The normalized spacial score (nSPS) is 18.4. The van der Waals surface area contributed by atoms with Crippen LogP contribution in [-0.4, -0.2) is 117 Å². The molecule has 63 heavy (non-hydrogen) atoms. The molecule has 0 saturated carbocycles. The molecule has 4 aromatic rings. The van der Waals surface area contributed by atoms with Gasteiger partial charge in [-0.3, -0.25) is 38.6 Å². The maximum Gasteiger partial charge on any atom is 0.255 e. The number of aromatic nitrogens is 3. The Morgan fingerprint density at radius 3 is 2.51 bits per heavy atom. The fraction of sp³-hybridized carbons (Fsp3) is 0.449. The van der Waals surface area contributed by atoms with Crippen molar-refractivity contribution < 1.29 is 24.0 Å². The molecule has 0 spiro atoms. The number of anilines is 1. The number of hydrogen-bond acceptors (Lipinski definition) is 9. The van der Waals surface area contributed by atoms with Gasteiger partial charge in [0.1, 0.15) is 12.4 Å². The Bertz CT molecular complexity index is 2380. The van der Waals surface area contributed by atoms with Gasteiger partial charge in [0.25, 0.3) is 11.8 Å². The number of pyridine rings is 1. The lowest BCUT2D eigenvalue weighted by Crippen LogP contribution is -2.52. The number of hydrogen-bond donors (Lipinski definition) is 2. The van der Waals surface area contributed by atoms with Crippen LogP contribution in [0.3, 0.4) is 0 Å². The number of imide groups is 1. The second-order valence-electron chi connectivity index (χ2n) is 17.1. The zero-order valence-electron chi connectivity index (χ0n) is 36.0. The summed E-state index contributed by atoms with van der Waals surface area (Å²) in [6.45, 7) is 7.58. The summed E-state index contributed by atoms with van der Waals surface area (Å²) in [6, 6.07) is 16.9. The van der Waals surface area contributed by atoms with Gasteiger partial charge in [0.2, 0.25) is 17.7 Å². The Morgan fingerprint density at radius 1 is 0.873 bits per heavy atom. The highest BCUT2D eigenvalue weighted by Gasteiger charge is 2.39. The fourth-order valence-electron chi connectivity index (χ4n) is 9.18. The number of nitrogens with zero attached hydrogens (tertiary/aromatic N) is 7. The summed E-state index contributed by atoms with van der Waals surface area (Å²) in [5.74, 6) is 6.35. The van der Waals surface area contributed by atoms with Crippen LogP contribution in [0, 0.1) is 17.8 Å². The molecule has 1 unspecified atom stereocenters. The van der Waals surface area contributed by atoms with Gasteiger partial charge < -0.3 is 20.0 Å². The van der Waals surface area contributed by atoms with E-state index >= 15 is 0 Å². The van der Waals surface area contributed by atoms with E-state index in [9.17, 15) is 24.0 Å². The Balaban J connectivity index is 0.671. The molecule has 5 amide bonds. The Kier molecular flexibility index (Phi) is 14.2. The van der Waals surface area contributed by atoms with E-state index in [2.05, 4.69) is 54.6 Å². The van der Waals surface area contributed by atoms with E-state index < -0.39 is 11.9 Å². The predicted octanol–water partition coefficient (Wildman–Crippen LogP) is 5.08. The minimum atomic E-state index is -0.626. The number of nitrogens with one attached hydrogen (secondary N) is 2. The van der Waals surface area contributed by atoms with Crippen LogP contribution in [0.25, 0.3) is 11.7 Å². The van der Waals surface area contributed by atoms with Crippen molar-refractivity contribution in [2.24, 2.45) is 5.92 Å². The number of fused-ring (bicyclic) bond motifs is 2. The number of piperidine rings is 2. The van der Waals surface area contributed by atoms with Gasteiger partial charge in [0.05, 0.1) is 0 Å². The molecular weight excluding hydrogens is 795 g/mol. The molecular formula is C49H57N9O5. The van der Waals surface area contributed by atoms with Crippen LogP contribution in [0.15, 0.2) is 73.2 Å². The Morgan fingerprint density at radius 2 is 1.70 bits per heavy atom. The van der Waals surface area contributed by atoms with E-state index in [4.69, 9.17) is 0 Å². The molecule has 0 bridgehead atoms. The molecule has 3 saturated heterocycles. The lowest BCUT2D eigenvalue weighted by molar-refractivity contribution is -0.137. The minimum Gasteiger partial charge on any atom is -0.369 e. The summed E-state index contributed by atoms with van der Waals surface area (Å²) in [4.78, 5) is 71.3. The summed E-state index contributed by atoms with van der Waals surface area (Å²) < 4.78 is 1.82. The van der Waals surface area contributed by atoms with Crippen LogP contribution >= 0.6 is 0 Å². The number of amides is 5. The zero-order valence-corrected chi connectivity index (χ0v) is 36.0. The monoisotopic (exact) mass is 851 g/mol. The lowest BCUT2D eigenvalue weighted by Gasteiger charge is -2.36. The van der Waals surface area contributed by atoms with Crippen molar-refractivity contribution in [1.29, 1.82) is 0 Å². The number of carbonyl (C=O) groups is 5. The number of rotatable bonds is 15. The molecule has 0 radical (unpaired) electrons. The van der Waals surface area contributed by atoms with Crippen molar-refractivity contribution in [3.05, 3.63) is 101 Å². The maximum absolute atomic E-state index is 13.4. The molecule has 1 atom stereocenters. The maximum atomic E-state index is 13.4. The SMILES string of the molecule is O=C(/C=C/c1ccc2nncn2c1)NCCCCC1CCN(C(=O)c2ccc(N3CCN(CCCCCC#Cc4cccc5c4CN(C4CCC(=O)NC4=O)C5=O)CC3)cc2)CC1. The highest BCUT2D eigenvalue weighted by molar-refractivity contribution is 6.05. The third-order valence-corrected chi connectivity index (χ3v) is 12.9. The van der Waals surface area contributed by atoms with E-state index in [1.165, 1.54) is 0 Å². The molecule has 14 heteroatoms. The van der Waals surface area contributed by atoms with Crippen LogP contribution in [0.1, 0.15) is 108 Å². The third-order valence-electron chi connectivity index (χ3n) is 12.9. The van der Waals surface area contributed by atoms with Gasteiger partial charge in [-0.15, -0.1) is 10.2 Å². The second-order valence-corrected chi connectivity index (χ2v) is 17.1. The predicted molar refractivity (Wildman–Crippen MR) is 240 cm³/mol. The molecule has 4 aliphatic rings. The van der Waals surface area contributed by atoms with Crippen LogP contribution in [-0.2, 0) is 20.9 Å². The molecule has 4 aliphatic heterocycles. The third kappa shape index (κ3) is 11.0. The highest BCUT2D eigenvalue weighted by Crippen LogP contribution is 2.30. The topological polar surface area (TPSA) is 153 Å². The standard InChI is InChI=1S/C49H57N9O5/c59-45(21-14-37-13-20-44-53-51-35-57(44)33-37)50-25-6-5-9-36-23-27-56(28-24-36)48(62)39-15-17-40(18-16-39)55-31-29-54(30-32-55)26-7-3-1-2-4-10-38-11-8-12-41-42(38)34-58(49(41)63)43-19-22-46(60)52-47(43)61/h8,11-18,20-21,33,35-36,43H,1-3,5-7,9,19,22-32,34H2,(H,50,59)(H,52,60,61)/b21-14+. The Labute approximate surface area is 369 Å². The Hall–Kier alpha value is -6.33. The van der Waals surface area contributed by atoms with E-state index in [1.807, 2.05) is 51.9 Å². The van der Waals surface area contributed by atoms with E-state index in [0.717, 1.165) is 137 Å². The number of likely N-dealkylation sites (tertiary alicyclic amines) is 1. The molecule has 3 fully saturated rings. The summed E-state index contributed by atoms with van der Waals surface area (Å²) in [6.07, 6.45) is 16.6. The first-order valence-corrected chi connectivity index (χ1v) is 22.7. The van der Waals surface area contributed by atoms with Crippen LogP contribution in [0.4, 0.5) is 5.69 Å². The zero-order chi connectivity index (χ0) is 43.5. The van der Waals surface area contributed by atoms with E-state index in [0.29, 0.717) is 31.0 Å². The van der Waals surface area contributed by atoms with Gasteiger partial charge in [-0.2, -0.15) is 0 Å². The summed E-state index contributed by atoms with van der Waals surface area (Å²) in [7, 11) is 0. The van der Waals surface area contributed by atoms with E-state index in [1.54, 1.807) is 29.4 Å². The summed E-state index contributed by atoms with van der Waals surface area (Å²) >= 11 is 0. The van der Waals surface area contributed by atoms with Gasteiger partial charge >= 0.3 is 0 Å². The number of carbonyl (C=O) groups excluding carboxylic acids is 5. The molecule has 14 nitrogen and oxygen atoms in total. The van der Waals surface area contributed by atoms with Crippen LogP contribution in [0.2, 0.25) is 0 Å². The molecule has 8 rings (SSSR count). The number of unbranched alkanes of at least 4 members (excludes halogenated alkanes) is 4. The van der Waals surface area contributed by atoms with Crippen molar-refractivity contribution in [1.82, 2.24) is 39.9 Å². The van der Waals surface area contributed by atoms with Crippen molar-refractivity contribution in [2.45, 2.75) is 83.2 Å². The molecule has 2 aromatic carbocycles. The largest absolute Gasteiger partial charge is 0.369 e. The second kappa shape index (κ2) is 20.7. The smallest absolute Gasteiger partial charge is 0.255 e. The average Bonchev–Trinajstić information content (AvgIpc) is 3.92. The first kappa shape index (κ1) is 43.3. The quantitative estimate of drug-likeness (QED) is 0.0723. The summed E-state index contributed by atoms with van der Waals surface area (Å²) in [5.41, 5.74) is 5.88. The fourth-order valence-corrected chi connectivity index (χ4v) is 9.18. The van der Waals surface area contributed by atoms with Crippen molar-refractivity contribution in [3.8, 4) is 11.8 Å². The molecule has 2 N–H and O–H groups in total. The summed E-state index contributed by atoms with van der Waals surface area (Å²) in [5, 5.41) is 13.2. The van der Waals surface area contributed by atoms with E-state index in [-0.39, 0.29) is 30.0 Å². The molecule has 328 valence electrons. The minimum absolute atomic E-state index is 0.0975. The van der Waals surface area contributed by atoms with Gasteiger partial charge in [0, 0.05) is 99.9 Å². The lowest BCUT2D eigenvalue weighted by atomic mass is 9.91. The van der Waals surface area contributed by atoms with Crippen LogP contribution < -0.4 is 15.5 Å². The van der Waals surface area contributed by atoms with Gasteiger partial charge in [-0.25, -0.2) is 0 Å². The molecule has 6 heterocycles. The van der Waals surface area contributed by atoms with Gasteiger partial charge in [-0.05, 0) is 117 Å². The first-order chi connectivity index (χ1) is 30.8. The van der Waals surface area contributed by atoms with Gasteiger partial charge in [0.15, 0.2) is 5.65 Å². The van der Waals surface area contributed by atoms with Crippen molar-refractivity contribution in [2.75, 3.05) is 57.3 Å². The number of piperazine rings is 1. The average molecular weight is 852 g/mol. The number of benzene rings is 2. The highest BCUT2D eigenvalue weighted by atomic mass is 16.2. The van der Waals surface area contributed by atoms with Gasteiger partial charge in [-0.1, -0.05) is 37.2 Å². The molecule has 0 aliphatic carbocycles. The van der Waals surface area contributed by atoms with Crippen LogP contribution in [0.5, 0.6) is 0 Å². The molecule has 2 aromatic heterocycles. The van der Waals surface area contributed by atoms with Crippen molar-refractivity contribution in [3.63, 3.8) is 0 Å².